The van der Waals surface area contributed by atoms with Crippen LogP contribution < -0.4 is 0 Å². The fourth-order valence-electron chi connectivity index (χ4n) is 2.91. The Morgan fingerprint density at radius 2 is 2.24 bits per heavy atom. The zero-order valence-electron chi connectivity index (χ0n) is 9.92. The molecule has 0 atom stereocenters. The van der Waals surface area contributed by atoms with Gasteiger partial charge in [0.05, 0.1) is 5.41 Å². The molecule has 17 heavy (non-hydrogen) atoms. The molecule has 1 saturated carbocycles. The van der Waals surface area contributed by atoms with Gasteiger partial charge in [-0.25, -0.2) is 0 Å². The molecule has 0 radical (unpaired) electrons. The van der Waals surface area contributed by atoms with Gasteiger partial charge in [-0.15, -0.1) is 34.2 Å². The highest BCUT2D eigenvalue weighted by Crippen LogP contribution is 2.52. The molecule has 1 fully saturated rings. The van der Waals surface area contributed by atoms with Crippen molar-refractivity contribution in [2.24, 2.45) is 13.0 Å². The number of hydrogen-bond donors (Lipinski definition) is 1. The predicted molar refractivity (Wildman–Crippen MR) is 71.8 cm³/mol. The molecule has 0 unspecified atom stereocenters. The molecule has 0 saturated heterocycles. The molecule has 2 aromatic rings. The Labute approximate surface area is 110 Å². The maximum absolute atomic E-state index is 4.34. The first kappa shape index (κ1) is 11.3. The van der Waals surface area contributed by atoms with Crippen molar-refractivity contribution in [1.29, 1.82) is 0 Å². The van der Waals surface area contributed by atoms with E-state index in [1.165, 1.54) is 4.88 Å². The van der Waals surface area contributed by atoms with Crippen molar-refractivity contribution >= 4 is 24.0 Å². The molecule has 1 aliphatic carbocycles. The van der Waals surface area contributed by atoms with Gasteiger partial charge in [-0.3, -0.25) is 0 Å². The molecule has 0 spiro atoms. The topological polar surface area (TPSA) is 30.7 Å². The van der Waals surface area contributed by atoms with Gasteiger partial charge in [0, 0.05) is 11.9 Å². The van der Waals surface area contributed by atoms with E-state index in [0.717, 1.165) is 24.6 Å². The Kier molecular flexibility index (Phi) is 2.56. The number of hydrogen-bond acceptors (Lipinski definition) is 4. The second kappa shape index (κ2) is 3.85. The van der Waals surface area contributed by atoms with Gasteiger partial charge < -0.3 is 4.57 Å². The van der Waals surface area contributed by atoms with Crippen LogP contribution in [0.25, 0.3) is 0 Å². The Morgan fingerprint density at radius 1 is 1.47 bits per heavy atom. The van der Waals surface area contributed by atoms with Gasteiger partial charge in [-0.1, -0.05) is 13.0 Å². The van der Waals surface area contributed by atoms with Gasteiger partial charge in [0.15, 0.2) is 5.16 Å². The van der Waals surface area contributed by atoms with Gasteiger partial charge in [0.1, 0.15) is 5.82 Å². The van der Waals surface area contributed by atoms with Crippen LogP contribution in [0.4, 0.5) is 0 Å². The molecule has 0 bridgehead atoms. The molecule has 0 aromatic carbocycles. The van der Waals surface area contributed by atoms with E-state index in [-0.39, 0.29) is 5.41 Å². The quantitative estimate of drug-likeness (QED) is 0.846. The van der Waals surface area contributed by atoms with Crippen molar-refractivity contribution in [3.63, 3.8) is 0 Å². The minimum atomic E-state index is 0.0797. The summed E-state index contributed by atoms with van der Waals surface area (Å²) in [6.45, 7) is 2.30. The summed E-state index contributed by atoms with van der Waals surface area (Å²) in [5, 5.41) is 11.3. The summed E-state index contributed by atoms with van der Waals surface area (Å²) in [6.07, 6.45) is 2.32. The lowest BCUT2D eigenvalue weighted by Gasteiger charge is -2.44. The summed E-state index contributed by atoms with van der Waals surface area (Å²) < 4.78 is 2.01. The molecule has 0 N–H and O–H groups in total. The fourth-order valence-corrected chi connectivity index (χ4v) is 4.00. The van der Waals surface area contributed by atoms with Crippen molar-refractivity contribution < 1.29 is 0 Å². The van der Waals surface area contributed by atoms with Crippen LogP contribution in [-0.2, 0) is 12.5 Å². The maximum atomic E-state index is 4.34. The van der Waals surface area contributed by atoms with E-state index in [1.807, 2.05) is 23.0 Å². The van der Waals surface area contributed by atoms with Crippen LogP contribution in [0.2, 0.25) is 0 Å². The van der Waals surface area contributed by atoms with Crippen molar-refractivity contribution in [3.8, 4) is 0 Å². The molecule has 3 rings (SSSR count). The monoisotopic (exact) mass is 265 g/mol. The fraction of sp³-hybridized carbons (Fsp3) is 0.500. The second-order valence-corrected chi connectivity index (χ2v) is 6.30. The van der Waals surface area contributed by atoms with Crippen LogP contribution in [0.3, 0.4) is 0 Å². The van der Waals surface area contributed by atoms with Gasteiger partial charge in [0.2, 0.25) is 0 Å². The third kappa shape index (κ3) is 1.56. The Bertz CT molecular complexity index is 524. The Balaban J connectivity index is 2.10. The molecule has 2 heterocycles. The molecule has 3 nitrogen and oxygen atoms in total. The van der Waals surface area contributed by atoms with Crippen molar-refractivity contribution in [2.45, 2.75) is 30.3 Å². The molecule has 0 amide bonds. The summed E-state index contributed by atoms with van der Waals surface area (Å²) in [5.41, 5.74) is 0.0797. The highest BCUT2D eigenvalue weighted by Gasteiger charge is 2.49. The third-order valence-electron chi connectivity index (χ3n) is 3.67. The van der Waals surface area contributed by atoms with E-state index in [1.54, 1.807) is 0 Å². The molecule has 0 aliphatic heterocycles. The lowest BCUT2D eigenvalue weighted by molar-refractivity contribution is 0.188. The smallest absolute Gasteiger partial charge is 0.187 e. The van der Waals surface area contributed by atoms with Gasteiger partial charge >= 0.3 is 0 Å². The normalized spacial score (nSPS) is 28.1. The van der Waals surface area contributed by atoms with Crippen molar-refractivity contribution in [2.75, 3.05) is 0 Å². The summed E-state index contributed by atoms with van der Waals surface area (Å²) in [5.74, 6) is 1.82. The van der Waals surface area contributed by atoms with Crippen LogP contribution in [0.5, 0.6) is 0 Å². The summed E-state index contributed by atoms with van der Waals surface area (Å²) in [7, 11) is 2.00. The van der Waals surface area contributed by atoms with Crippen LogP contribution in [0.15, 0.2) is 22.7 Å². The highest BCUT2D eigenvalue weighted by molar-refractivity contribution is 7.80. The molecular formula is C12H15N3S2. The maximum Gasteiger partial charge on any atom is 0.187 e. The lowest BCUT2D eigenvalue weighted by atomic mass is 9.61. The lowest BCUT2D eigenvalue weighted by Crippen LogP contribution is -2.42. The predicted octanol–water partition coefficient (Wildman–Crippen LogP) is 2.88. The zero-order valence-corrected chi connectivity index (χ0v) is 11.6. The SMILES string of the molecule is CC1CC(c2cccs2)(c2nnc(S)n2C)C1. The minimum Gasteiger partial charge on any atom is -0.309 e. The molecule has 90 valence electrons. The number of thiol groups is 1. The standard InChI is InChI=1S/C12H15N3S2/c1-8-6-12(7-8,9-4-3-5-17-9)10-13-14-11(16)15(10)2/h3-5,8H,6-7H2,1-2H3,(H,14,16). The molecular weight excluding hydrogens is 250 g/mol. The summed E-state index contributed by atoms with van der Waals surface area (Å²) in [4.78, 5) is 1.40. The molecule has 5 heteroatoms. The van der Waals surface area contributed by atoms with Crippen LogP contribution >= 0.6 is 24.0 Å². The summed E-state index contributed by atoms with van der Waals surface area (Å²) >= 11 is 6.14. The average molecular weight is 265 g/mol. The van der Waals surface area contributed by atoms with E-state index in [9.17, 15) is 0 Å². The minimum absolute atomic E-state index is 0.0797. The Hall–Kier alpha value is -0.810. The Morgan fingerprint density at radius 3 is 2.71 bits per heavy atom. The van der Waals surface area contributed by atoms with Crippen molar-refractivity contribution in [3.05, 3.63) is 28.2 Å². The third-order valence-corrected chi connectivity index (χ3v) is 5.13. The number of aromatic nitrogens is 3. The van der Waals surface area contributed by atoms with Crippen LogP contribution in [0.1, 0.15) is 30.5 Å². The van der Waals surface area contributed by atoms with E-state index in [4.69, 9.17) is 0 Å². The largest absolute Gasteiger partial charge is 0.309 e. The average Bonchev–Trinajstić information content (AvgIpc) is 2.87. The highest BCUT2D eigenvalue weighted by atomic mass is 32.1. The zero-order chi connectivity index (χ0) is 12.0. The summed E-state index contributed by atoms with van der Waals surface area (Å²) in [6, 6.07) is 4.33. The second-order valence-electron chi connectivity index (χ2n) is 4.96. The van der Waals surface area contributed by atoms with Crippen LogP contribution in [-0.4, -0.2) is 14.8 Å². The van der Waals surface area contributed by atoms with Crippen LogP contribution in [0, 0.1) is 5.92 Å². The van der Waals surface area contributed by atoms with E-state index in [0.29, 0.717) is 5.16 Å². The molecule has 1 aliphatic rings. The number of rotatable bonds is 2. The van der Waals surface area contributed by atoms with Gasteiger partial charge in [-0.05, 0) is 30.2 Å². The molecule has 2 aromatic heterocycles. The van der Waals surface area contributed by atoms with E-state index < -0.39 is 0 Å². The van der Waals surface area contributed by atoms with Gasteiger partial charge in [-0.2, -0.15) is 0 Å². The van der Waals surface area contributed by atoms with Crippen molar-refractivity contribution in [1.82, 2.24) is 14.8 Å². The van der Waals surface area contributed by atoms with E-state index in [2.05, 4.69) is 47.3 Å². The first-order valence-corrected chi connectivity index (χ1v) is 7.09. The first-order valence-electron chi connectivity index (χ1n) is 5.76. The van der Waals surface area contributed by atoms with E-state index >= 15 is 0 Å². The number of nitrogens with zero attached hydrogens (tertiary/aromatic N) is 3. The number of thiophene rings is 1. The first-order chi connectivity index (χ1) is 8.13. The van der Waals surface area contributed by atoms with Gasteiger partial charge in [0.25, 0.3) is 0 Å².